The molecule has 1 aliphatic carbocycles. The molecule has 1 aliphatic heterocycles. The van der Waals surface area contributed by atoms with Crippen LogP contribution >= 0.6 is 0 Å². The quantitative estimate of drug-likeness (QED) is 0.782. The molecule has 5 nitrogen and oxygen atoms in total. The lowest BCUT2D eigenvalue weighted by Crippen LogP contribution is -2.30. The first-order valence-electron chi connectivity index (χ1n) is 7.76. The number of carbonyl (C=O) groups excluding carboxylic acids is 2. The maximum Gasteiger partial charge on any atom is 0.337 e. The van der Waals surface area contributed by atoms with E-state index in [1.54, 1.807) is 24.3 Å². The van der Waals surface area contributed by atoms with Crippen LogP contribution in [0.15, 0.2) is 24.3 Å². The van der Waals surface area contributed by atoms with Crippen molar-refractivity contribution >= 4 is 11.9 Å². The third kappa shape index (κ3) is 3.47. The molecule has 1 amide bonds. The van der Waals surface area contributed by atoms with Gasteiger partial charge in [-0.15, -0.1) is 0 Å². The van der Waals surface area contributed by atoms with E-state index in [2.05, 4.69) is 4.74 Å². The average molecular weight is 303 g/mol. The highest BCUT2D eigenvalue weighted by atomic mass is 16.5. The Bertz CT molecular complexity index is 550. The van der Waals surface area contributed by atoms with Crippen molar-refractivity contribution in [2.24, 2.45) is 5.92 Å². The van der Waals surface area contributed by atoms with Crippen LogP contribution < -0.4 is 0 Å². The lowest BCUT2D eigenvalue weighted by Gasteiger charge is -2.17. The van der Waals surface area contributed by atoms with Crippen molar-refractivity contribution in [2.75, 3.05) is 26.8 Å². The van der Waals surface area contributed by atoms with E-state index in [1.165, 1.54) is 20.0 Å². The molecule has 0 bridgehead atoms. The summed E-state index contributed by atoms with van der Waals surface area (Å²) in [6, 6.07) is 6.59. The van der Waals surface area contributed by atoms with Gasteiger partial charge in [-0.2, -0.15) is 0 Å². The summed E-state index contributed by atoms with van der Waals surface area (Å²) < 4.78 is 10.5. The Balaban J connectivity index is 1.55. The van der Waals surface area contributed by atoms with Crippen LogP contribution in [0.4, 0.5) is 0 Å². The monoisotopic (exact) mass is 303 g/mol. The lowest BCUT2D eigenvalue weighted by molar-refractivity contribution is 0.0480. The first kappa shape index (κ1) is 15.0. The van der Waals surface area contributed by atoms with Crippen LogP contribution in [0.2, 0.25) is 0 Å². The van der Waals surface area contributed by atoms with Gasteiger partial charge in [0.25, 0.3) is 5.91 Å². The molecule has 1 unspecified atom stereocenters. The van der Waals surface area contributed by atoms with E-state index < -0.39 is 5.97 Å². The van der Waals surface area contributed by atoms with E-state index in [9.17, 15) is 9.59 Å². The van der Waals surface area contributed by atoms with Crippen molar-refractivity contribution in [1.82, 2.24) is 4.90 Å². The van der Waals surface area contributed by atoms with Gasteiger partial charge in [-0.05, 0) is 49.4 Å². The summed E-state index contributed by atoms with van der Waals surface area (Å²) in [6.07, 6.45) is 3.63. The van der Waals surface area contributed by atoms with Gasteiger partial charge in [-0.1, -0.05) is 0 Å². The number of amides is 1. The maximum atomic E-state index is 12.4. The van der Waals surface area contributed by atoms with Gasteiger partial charge in [0.2, 0.25) is 0 Å². The average Bonchev–Trinajstić information content (AvgIpc) is 3.28. The Kier molecular flexibility index (Phi) is 4.43. The summed E-state index contributed by atoms with van der Waals surface area (Å²) >= 11 is 0. The highest BCUT2D eigenvalue weighted by Gasteiger charge is 2.29. The van der Waals surface area contributed by atoms with Crippen molar-refractivity contribution in [3.63, 3.8) is 0 Å². The van der Waals surface area contributed by atoms with E-state index in [1.807, 2.05) is 4.90 Å². The summed E-state index contributed by atoms with van der Waals surface area (Å²) in [5.74, 6) is 0.346. The van der Waals surface area contributed by atoms with E-state index in [0.29, 0.717) is 17.7 Å². The number of ether oxygens (including phenoxy) is 2. The van der Waals surface area contributed by atoms with Crippen LogP contribution in [0.3, 0.4) is 0 Å². The predicted molar refractivity (Wildman–Crippen MR) is 80.8 cm³/mol. The van der Waals surface area contributed by atoms with Crippen molar-refractivity contribution in [3.8, 4) is 0 Å². The smallest absolute Gasteiger partial charge is 0.337 e. The van der Waals surface area contributed by atoms with Gasteiger partial charge in [0.05, 0.1) is 18.8 Å². The molecule has 0 spiro atoms. The standard InChI is InChI=1S/C17H21NO4/c1-21-17(20)14-6-4-13(5-7-14)16(19)18-9-8-15(10-18)22-11-12-2-3-12/h4-7,12,15H,2-3,8-11H2,1H3. The molecule has 1 saturated heterocycles. The van der Waals surface area contributed by atoms with Crippen LogP contribution in [0.25, 0.3) is 0 Å². The minimum absolute atomic E-state index is 0.00561. The van der Waals surface area contributed by atoms with Crippen LogP contribution in [-0.2, 0) is 9.47 Å². The minimum atomic E-state index is -0.395. The number of hydrogen-bond acceptors (Lipinski definition) is 4. The second-order valence-corrected chi connectivity index (χ2v) is 6.01. The van der Waals surface area contributed by atoms with Gasteiger partial charge in [-0.25, -0.2) is 4.79 Å². The molecule has 3 rings (SSSR count). The zero-order chi connectivity index (χ0) is 15.5. The zero-order valence-corrected chi connectivity index (χ0v) is 12.8. The van der Waals surface area contributed by atoms with Crippen molar-refractivity contribution < 1.29 is 19.1 Å². The fraction of sp³-hybridized carbons (Fsp3) is 0.529. The SMILES string of the molecule is COC(=O)c1ccc(C(=O)N2CCC(OCC3CC3)C2)cc1. The van der Waals surface area contributed by atoms with Crippen LogP contribution in [0.5, 0.6) is 0 Å². The molecule has 1 aromatic rings. The molecular weight excluding hydrogens is 282 g/mol. The zero-order valence-electron chi connectivity index (χ0n) is 12.8. The highest BCUT2D eigenvalue weighted by Crippen LogP contribution is 2.30. The van der Waals surface area contributed by atoms with Crippen LogP contribution in [0, 0.1) is 5.92 Å². The number of esters is 1. The number of hydrogen-bond donors (Lipinski definition) is 0. The van der Waals surface area contributed by atoms with Gasteiger partial charge in [-0.3, -0.25) is 4.79 Å². The Hall–Kier alpha value is -1.88. The lowest BCUT2D eigenvalue weighted by atomic mass is 10.1. The van der Waals surface area contributed by atoms with Crippen LogP contribution in [-0.4, -0.2) is 49.7 Å². The van der Waals surface area contributed by atoms with Crippen molar-refractivity contribution in [3.05, 3.63) is 35.4 Å². The number of methoxy groups -OCH3 is 1. The predicted octanol–water partition coefficient (Wildman–Crippen LogP) is 2.11. The molecule has 0 aromatic heterocycles. The van der Waals surface area contributed by atoms with Crippen molar-refractivity contribution in [2.45, 2.75) is 25.4 Å². The molecule has 1 atom stereocenters. The number of benzene rings is 1. The third-order valence-electron chi connectivity index (χ3n) is 4.25. The molecule has 1 heterocycles. The molecule has 2 fully saturated rings. The van der Waals surface area contributed by atoms with Crippen LogP contribution in [0.1, 0.15) is 40.0 Å². The van der Waals surface area contributed by atoms with E-state index in [0.717, 1.165) is 25.5 Å². The fourth-order valence-electron chi connectivity index (χ4n) is 2.65. The first-order valence-corrected chi connectivity index (χ1v) is 7.76. The Morgan fingerprint density at radius 1 is 1.14 bits per heavy atom. The molecule has 1 aromatic carbocycles. The minimum Gasteiger partial charge on any atom is -0.465 e. The molecule has 1 saturated carbocycles. The molecule has 0 N–H and O–H groups in total. The first-order chi connectivity index (χ1) is 10.7. The third-order valence-corrected chi connectivity index (χ3v) is 4.25. The fourth-order valence-corrected chi connectivity index (χ4v) is 2.65. The van der Waals surface area contributed by atoms with E-state index in [-0.39, 0.29) is 12.0 Å². The Morgan fingerprint density at radius 3 is 2.45 bits per heavy atom. The molecular formula is C17H21NO4. The molecule has 0 radical (unpaired) electrons. The maximum absolute atomic E-state index is 12.4. The molecule has 5 heteroatoms. The van der Waals surface area contributed by atoms with Crippen molar-refractivity contribution in [1.29, 1.82) is 0 Å². The Labute approximate surface area is 130 Å². The number of rotatable bonds is 5. The van der Waals surface area contributed by atoms with Gasteiger partial charge in [0.1, 0.15) is 0 Å². The number of nitrogens with zero attached hydrogens (tertiary/aromatic N) is 1. The normalized spacial score (nSPS) is 21.0. The summed E-state index contributed by atoms with van der Waals surface area (Å²) in [6.45, 7) is 2.22. The van der Waals surface area contributed by atoms with Gasteiger partial charge in [0.15, 0.2) is 0 Å². The Morgan fingerprint density at radius 2 is 1.82 bits per heavy atom. The van der Waals surface area contributed by atoms with Gasteiger partial charge in [0, 0.05) is 25.3 Å². The summed E-state index contributed by atoms with van der Waals surface area (Å²) in [5, 5.41) is 0. The van der Waals surface area contributed by atoms with E-state index >= 15 is 0 Å². The van der Waals surface area contributed by atoms with Gasteiger partial charge < -0.3 is 14.4 Å². The number of carbonyl (C=O) groups is 2. The molecule has 2 aliphatic rings. The second-order valence-electron chi connectivity index (χ2n) is 6.01. The van der Waals surface area contributed by atoms with Gasteiger partial charge >= 0.3 is 5.97 Å². The summed E-state index contributed by atoms with van der Waals surface area (Å²) in [5.41, 5.74) is 1.04. The topological polar surface area (TPSA) is 55.8 Å². The molecule has 22 heavy (non-hydrogen) atoms. The number of likely N-dealkylation sites (tertiary alicyclic amines) is 1. The highest BCUT2D eigenvalue weighted by molar-refractivity contribution is 5.96. The second kappa shape index (κ2) is 6.48. The molecule has 118 valence electrons. The summed E-state index contributed by atoms with van der Waals surface area (Å²) in [4.78, 5) is 25.7. The van der Waals surface area contributed by atoms with E-state index in [4.69, 9.17) is 4.74 Å². The summed E-state index contributed by atoms with van der Waals surface area (Å²) in [7, 11) is 1.34. The largest absolute Gasteiger partial charge is 0.465 e.